The third-order valence-corrected chi connectivity index (χ3v) is 4.78. The Morgan fingerprint density at radius 1 is 1.21 bits per heavy atom. The molecule has 0 saturated carbocycles. The average Bonchev–Trinajstić information content (AvgIpc) is 3.03. The maximum atomic E-state index is 5.51. The standard InChI is InChI=1S/C15H21N3S/c16-9-4-2-1-3-5-14-17-12-6-7-13-11(8-10-19-13)15(12)18-14/h8,10H,1-7,9,16H2,(H,17,18). The van der Waals surface area contributed by atoms with Gasteiger partial charge in [-0.25, -0.2) is 4.98 Å². The van der Waals surface area contributed by atoms with Crippen LogP contribution in [0.15, 0.2) is 11.4 Å². The van der Waals surface area contributed by atoms with Crippen molar-refractivity contribution in [3.8, 4) is 11.3 Å². The van der Waals surface area contributed by atoms with Crippen molar-refractivity contribution < 1.29 is 0 Å². The smallest absolute Gasteiger partial charge is 0.106 e. The summed E-state index contributed by atoms with van der Waals surface area (Å²) in [7, 11) is 0. The van der Waals surface area contributed by atoms with Crippen LogP contribution in [-0.4, -0.2) is 16.5 Å². The summed E-state index contributed by atoms with van der Waals surface area (Å²) < 4.78 is 0. The van der Waals surface area contributed by atoms with E-state index in [-0.39, 0.29) is 0 Å². The van der Waals surface area contributed by atoms with Crippen molar-refractivity contribution in [3.63, 3.8) is 0 Å². The van der Waals surface area contributed by atoms with Crippen molar-refractivity contribution in [1.29, 1.82) is 0 Å². The number of nitrogens with one attached hydrogen (secondary N) is 1. The molecule has 0 amide bonds. The Labute approximate surface area is 118 Å². The normalized spacial score (nSPS) is 13.3. The number of imidazole rings is 1. The molecule has 0 fully saturated rings. The largest absolute Gasteiger partial charge is 0.345 e. The minimum absolute atomic E-state index is 0.815. The maximum Gasteiger partial charge on any atom is 0.106 e. The second kappa shape index (κ2) is 5.88. The molecule has 19 heavy (non-hydrogen) atoms. The number of aromatic amines is 1. The number of thiophene rings is 1. The molecule has 3 N–H and O–H groups in total. The van der Waals surface area contributed by atoms with Gasteiger partial charge in [0.1, 0.15) is 5.82 Å². The van der Waals surface area contributed by atoms with Gasteiger partial charge in [-0.05, 0) is 43.7 Å². The molecule has 1 aliphatic rings. The Morgan fingerprint density at radius 3 is 3.00 bits per heavy atom. The fraction of sp³-hybridized carbons (Fsp3) is 0.533. The molecule has 4 heteroatoms. The zero-order valence-electron chi connectivity index (χ0n) is 11.2. The van der Waals surface area contributed by atoms with Crippen molar-refractivity contribution in [2.45, 2.75) is 44.9 Å². The van der Waals surface area contributed by atoms with Crippen LogP contribution in [0.4, 0.5) is 0 Å². The van der Waals surface area contributed by atoms with Gasteiger partial charge in [-0.2, -0.15) is 0 Å². The lowest BCUT2D eigenvalue weighted by Crippen LogP contribution is -1.99. The fourth-order valence-corrected chi connectivity index (χ4v) is 3.64. The topological polar surface area (TPSA) is 54.7 Å². The van der Waals surface area contributed by atoms with Crippen LogP contribution >= 0.6 is 11.3 Å². The lowest BCUT2D eigenvalue weighted by atomic mass is 10.0. The van der Waals surface area contributed by atoms with E-state index >= 15 is 0 Å². The van der Waals surface area contributed by atoms with Gasteiger partial charge in [0.15, 0.2) is 0 Å². The van der Waals surface area contributed by atoms with Crippen LogP contribution < -0.4 is 5.73 Å². The zero-order valence-corrected chi connectivity index (χ0v) is 12.1. The number of H-pyrrole nitrogens is 1. The molecule has 1 aliphatic carbocycles. The number of nitrogens with two attached hydrogens (primary N) is 1. The van der Waals surface area contributed by atoms with Gasteiger partial charge < -0.3 is 10.7 Å². The van der Waals surface area contributed by atoms with Crippen LogP contribution in [0.1, 0.15) is 42.1 Å². The highest BCUT2D eigenvalue weighted by atomic mass is 32.1. The molecule has 0 radical (unpaired) electrons. The van der Waals surface area contributed by atoms with Crippen molar-refractivity contribution in [1.82, 2.24) is 9.97 Å². The Kier molecular flexibility index (Phi) is 3.99. The summed E-state index contributed by atoms with van der Waals surface area (Å²) in [5.41, 5.74) is 9.41. The molecule has 2 heterocycles. The Hall–Kier alpha value is -1.13. The molecule has 0 saturated heterocycles. The summed E-state index contributed by atoms with van der Waals surface area (Å²) in [5, 5.41) is 2.18. The van der Waals surface area contributed by atoms with Crippen LogP contribution in [0.5, 0.6) is 0 Å². The van der Waals surface area contributed by atoms with E-state index in [9.17, 15) is 0 Å². The molecule has 3 rings (SSSR count). The van der Waals surface area contributed by atoms with E-state index < -0.39 is 0 Å². The Morgan fingerprint density at radius 2 is 2.11 bits per heavy atom. The van der Waals surface area contributed by atoms with Crippen molar-refractivity contribution >= 4 is 11.3 Å². The van der Waals surface area contributed by atoms with Gasteiger partial charge in [0.25, 0.3) is 0 Å². The molecule has 0 spiro atoms. The lowest BCUT2D eigenvalue weighted by Gasteiger charge is -2.09. The molecule has 0 bridgehead atoms. The number of aryl methyl sites for hydroxylation is 3. The van der Waals surface area contributed by atoms with Gasteiger partial charge in [-0.1, -0.05) is 12.8 Å². The first-order valence-electron chi connectivity index (χ1n) is 7.23. The molecule has 3 nitrogen and oxygen atoms in total. The van der Waals surface area contributed by atoms with Crippen LogP contribution in [-0.2, 0) is 19.3 Å². The van der Waals surface area contributed by atoms with Gasteiger partial charge in [0.2, 0.25) is 0 Å². The second-order valence-electron chi connectivity index (χ2n) is 5.22. The highest BCUT2D eigenvalue weighted by Gasteiger charge is 2.20. The summed E-state index contributed by atoms with van der Waals surface area (Å²) in [4.78, 5) is 9.83. The average molecular weight is 275 g/mol. The van der Waals surface area contributed by atoms with Crippen LogP contribution in [0.2, 0.25) is 0 Å². The number of rotatable bonds is 6. The van der Waals surface area contributed by atoms with Crippen molar-refractivity contribution in [2.75, 3.05) is 6.54 Å². The van der Waals surface area contributed by atoms with E-state index in [2.05, 4.69) is 16.4 Å². The number of aromatic nitrogens is 2. The summed E-state index contributed by atoms with van der Waals surface area (Å²) in [6.07, 6.45) is 8.20. The number of nitrogens with zero attached hydrogens (tertiary/aromatic N) is 1. The van der Waals surface area contributed by atoms with Crippen molar-refractivity contribution in [2.24, 2.45) is 5.73 Å². The first-order valence-corrected chi connectivity index (χ1v) is 8.11. The molecule has 0 aromatic carbocycles. The van der Waals surface area contributed by atoms with Gasteiger partial charge in [0.05, 0.1) is 5.69 Å². The highest BCUT2D eigenvalue weighted by Crippen LogP contribution is 2.35. The first-order chi connectivity index (χ1) is 9.38. The summed E-state index contributed by atoms with van der Waals surface area (Å²) in [5.74, 6) is 1.16. The van der Waals surface area contributed by atoms with E-state index in [0.29, 0.717) is 0 Å². The first kappa shape index (κ1) is 12.9. The zero-order chi connectivity index (χ0) is 13.1. The van der Waals surface area contributed by atoms with Gasteiger partial charge >= 0.3 is 0 Å². The Balaban J connectivity index is 1.64. The van der Waals surface area contributed by atoms with Gasteiger partial charge in [-0.3, -0.25) is 0 Å². The molecule has 0 unspecified atom stereocenters. The third-order valence-electron chi connectivity index (χ3n) is 3.80. The summed E-state index contributed by atoms with van der Waals surface area (Å²) in [6, 6.07) is 2.21. The molecule has 2 aromatic rings. The van der Waals surface area contributed by atoms with Gasteiger partial charge in [0, 0.05) is 22.6 Å². The van der Waals surface area contributed by atoms with Crippen LogP contribution in [0.25, 0.3) is 11.3 Å². The molecular formula is C15H21N3S. The predicted octanol–water partition coefficient (Wildman–Crippen LogP) is 3.30. The maximum absolute atomic E-state index is 5.51. The van der Waals surface area contributed by atoms with Gasteiger partial charge in [-0.15, -0.1) is 11.3 Å². The van der Waals surface area contributed by atoms with E-state index in [4.69, 9.17) is 10.7 Å². The summed E-state index contributed by atoms with van der Waals surface area (Å²) >= 11 is 1.86. The minimum atomic E-state index is 0.815. The number of hydrogen-bond donors (Lipinski definition) is 2. The van der Waals surface area contributed by atoms with E-state index in [1.165, 1.54) is 41.1 Å². The molecule has 0 aliphatic heterocycles. The molecule has 2 aromatic heterocycles. The Bertz CT molecular complexity index is 541. The highest BCUT2D eigenvalue weighted by molar-refractivity contribution is 7.10. The van der Waals surface area contributed by atoms with Crippen LogP contribution in [0, 0.1) is 0 Å². The third kappa shape index (κ3) is 2.74. The van der Waals surface area contributed by atoms with Crippen molar-refractivity contribution in [3.05, 3.63) is 27.8 Å². The van der Waals surface area contributed by atoms with E-state index in [0.717, 1.165) is 38.1 Å². The molecule has 0 atom stereocenters. The van der Waals surface area contributed by atoms with E-state index in [1.807, 2.05) is 11.3 Å². The predicted molar refractivity (Wildman–Crippen MR) is 80.5 cm³/mol. The number of fused-ring (bicyclic) bond motifs is 3. The quantitative estimate of drug-likeness (QED) is 0.795. The molecular weight excluding hydrogens is 254 g/mol. The van der Waals surface area contributed by atoms with E-state index in [1.54, 1.807) is 0 Å². The number of unbranched alkanes of at least 4 members (excludes halogenated alkanes) is 3. The second-order valence-corrected chi connectivity index (χ2v) is 6.22. The van der Waals surface area contributed by atoms with Crippen LogP contribution in [0.3, 0.4) is 0 Å². The molecule has 102 valence electrons. The monoisotopic (exact) mass is 275 g/mol. The SMILES string of the molecule is NCCCCCCc1nc2c([nH]1)CCc1sccc1-2. The summed E-state index contributed by atoms with van der Waals surface area (Å²) in [6.45, 7) is 0.815. The fourth-order valence-electron chi connectivity index (χ4n) is 2.76. The number of hydrogen-bond acceptors (Lipinski definition) is 3. The lowest BCUT2D eigenvalue weighted by molar-refractivity contribution is 0.637. The minimum Gasteiger partial charge on any atom is -0.345 e.